The zero-order valence-corrected chi connectivity index (χ0v) is 33.2. The van der Waals surface area contributed by atoms with Crippen LogP contribution < -0.4 is 0 Å². The third kappa shape index (κ3) is 1.14. The lowest BCUT2D eigenvalue weighted by Crippen LogP contribution is -2.35. The van der Waals surface area contributed by atoms with Crippen LogP contribution in [0.3, 0.4) is 0 Å². The van der Waals surface area contributed by atoms with E-state index in [0.29, 0.717) is 0 Å². The second kappa shape index (κ2) is 5.09. The van der Waals surface area contributed by atoms with Crippen molar-refractivity contribution in [3.05, 3.63) is 22.3 Å². The van der Waals surface area contributed by atoms with Gasteiger partial charge in [0.2, 0.25) is 0 Å². The number of hydrogen-bond acceptors (Lipinski definition) is 2. The normalized spacial score (nSPS) is 20.5. The summed E-state index contributed by atoms with van der Waals surface area (Å²) in [6.45, 7) is 0. The molecule has 0 bridgehead atoms. The molecule has 33 rings (SSSR count). The maximum atomic E-state index is 15.4. The van der Waals surface area contributed by atoms with Crippen molar-refractivity contribution in [1.82, 2.24) is 0 Å². The molecule has 0 aromatic heterocycles. The van der Waals surface area contributed by atoms with Gasteiger partial charge >= 0.3 is 11.9 Å². The van der Waals surface area contributed by atoms with Crippen LogP contribution in [0.2, 0.25) is 0 Å². The van der Waals surface area contributed by atoms with Crippen LogP contribution in [0.15, 0.2) is 0 Å². The molecule has 5 aliphatic rings. The standard InChI is InChI=1S/C63H2O4/c64-59(65)63(60(66)67)61-55-47-39-29-19-11-3-1-2-5-9-7(3)15-23-17(9)27-21-13(5)14-6(2)10-8-4(1)12(11)20-26-16(8)24-18(10)28-22(14)32-31(21)41-35(27)45-37(23)43(33(39)25(15)19)51(55)53(45)57-49(41)50-42(32)36(28)46-38(24)44-34(26)40(30(20)29)48(47)56(61)52(44)54(46)58(50)62(57,61)63/h(H,64,65)(H,66,67). The Morgan fingerprint density at radius 1 is 0.179 bits per heavy atom. The van der Waals surface area contributed by atoms with E-state index in [1.807, 2.05) is 0 Å². The SMILES string of the molecule is O=C(O)C1(C(=O)O)C23c4c5c6c7c8c9c(c%10c%11c2c2c4c4c%12c5c5c6c6c8c8c%13c9c9c%10c%10c%11c%11c2c2c4c4c%12c%12c5c5c6c8c6c8c%13c9c9c%10c%10c%11c2c2c4c4c%12c5c6c5c8c9c%10c2c45)C713. The lowest BCUT2D eigenvalue weighted by atomic mass is 9.68. The molecule has 0 amide bonds. The second-order valence-corrected chi connectivity index (χ2v) is 24.6. The van der Waals surface area contributed by atoms with E-state index >= 15 is 9.59 Å². The third-order valence-corrected chi connectivity index (χ3v) is 25.0. The van der Waals surface area contributed by atoms with Gasteiger partial charge in [-0.05, 0) is 313 Å². The highest BCUT2D eigenvalue weighted by Gasteiger charge is 3.01. The van der Waals surface area contributed by atoms with Gasteiger partial charge < -0.3 is 10.2 Å². The van der Waals surface area contributed by atoms with Crippen molar-refractivity contribution in [3.8, 4) is 0 Å². The number of carboxylic acid groups (broad SMARTS) is 2. The van der Waals surface area contributed by atoms with Crippen LogP contribution in [-0.4, -0.2) is 22.2 Å². The predicted octanol–water partition coefficient (Wildman–Crippen LogP) is 15.5. The summed E-state index contributed by atoms with van der Waals surface area (Å²) in [6.07, 6.45) is 0. The average Bonchev–Trinajstić information content (AvgIpc) is 4.30. The Bertz CT molecular complexity index is 6640. The Balaban J connectivity index is 1.26. The van der Waals surface area contributed by atoms with Gasteiger partial charge in [-0.2, -0.15) is 0 Å². The summed E-state index contributed by atoms with van der Waals surface area (Å²) in [5, 5.41) is 102. The summed E-state index contributed by atoms with van der Waals surface area (Å²) in [4.78, 5) is 30.9. The first-order valence-electron chi connectivity index (χ1n) is 24.4. The smallest absolute Gasteiger partial charge is 0.323 e. The molecule has 0 atom stereocenters. The molecule has 0 heterocycles. The predicted molar refractivity (Wildman–Crippen MR) is 272 cm³/mol. The molecule has 0 saturated heterocycles. The monoisotopic (exact) mass is 822 g/mol. The van der Waals surface area contributed by atoms with Crippen molar-refractivity contribution in [1.29, 1.82) is 0 Å². The van der Waals surface area contributed by atoms with Gasteiger partial charge in [0.1, 0.15) is 0 Å². The molecule has 2 spiro atoms. The van der Waals surface area contributed by atoms with E-state index in [2.05, 4.69) is 0 Å². The van der Waals surface area contributed by atoms with E-state index in [1.165, 1.54) is 280 Å². The molecule has 278 valence electrons. The zero-order valence-electron chi connectivity index (χ0n) is 33.2. The Hall–Kier alpha value is -8.60. The highest BCUT2D eigenvalue weighted by atomic mass is 16.4. The fourth-order valence-electron chi connectivity index (χ4n) is 25.3. The molecule has 0 unspecified atom stereocenters. The summed E-state index contributed by atoms with van der Waals surface area (Å²) >= 11 is 0. The highest BCUT2D eigenvalue weighted by Crippen LogP contribution is 2.96. The highest BCUT2D eigenvalue weighted by molar-refractivity contribution is 6.82. The fourth-order valence-corrected chi connectivity index (χ4v) is 25.3. The van der Waals surface area contributed by atoms with Crippen molar-refractivity contribution in [2.24, 2.45) is 5.41 Å². The third-order valence-electron chi connectivity index (χ3n) is 25.0. The first-order valence-corrected chi connectivity index (χ1v) is 24.4. The molecular weight excluding hydrogens is 821 g/mol. The van der Waals surface area contributed by atoms with Gasteiger partial charge in [-0.1, -0.05) is 0 Å². The van der Waals surface area contributed by atoms with Gasteiger partial charge in [-0.15, -0.1) is 0 Å². The van der Waals surface area contributed by atoms with Gasteiger partial charge in [0, 0.05) is 0 Å². The molecule has 2 N–H and O–H groups in total. The summed E-state index contributed by atoms with van der Waals surface area (Å²) in [5.41, 5.74) is -0.338. The summed E-state index contributed by atoms with van der Waals surface area (Å²) in [6, 6.07) is 0. The van der Waals surface area contributed by atoms with Crippen LogP contribution in [0, 0.1) is 5.41 Å². The summed E-state index contributed by atoms with van der Waals surface area (Å²) in [5.74, 6) is -2.31. The minimum Gasteiger partial charge on any atom is -0.480 e. The average molecular weight is 823 g/mol. The van der Waals surface area contributed by atoms with Gasteiger partial charge in [0.05, 0.1) is 10.8 Å². The van der Waals surface area contributed by atoms with E-state index in [1.54, 1.807) is 10.8 Å². The molecule has 0 aliphatic heterocycles. The number of carboxylic acids is 2. The van der Waals surface area contributed by atoms with Gasteiger partial charge in [-0.3, -0.25) is 9.59 Å². The molecular formula is C63H2O4. The van der Waals surface area contributed by atoms with E-state index in [4.69, 9.17) is 0 Å². The number of hydrogen-bond donors (Lipinski definition) is 2. The van der Waals surface area contributed by atoms with Crippen LogP contribution in [0.25, 0.3) is 291 Å². The minimum absolute atomic E-state index is 1.09. The zero-order chi connectivity index (χ0) is 40.1. The summed E-state index contributed by atoms with van der Waals surface area (Å²) < 4.78 is 0. The number of aliphatic carboxylic acids is 2. The molecule has 4 heteroatoms. The number of rotatable bonds is 2. The lowest BCUT2D eigenvalue weighted by molar-refractivity contribution is -0.158. The van der Waals surface area contributed by atoms with Crippen molar-refractivity contribution in [2.45, 2.75) is 10.8 Å². The fraction of sp³-hybridized carbons (Fsp3) is 0.0476. The first kappa shape index (κ1) is 24.1. The maximum Gasteiger partial charge on any atom is 0.323 e. The molecule has 1 saturated carbocycles. The Morgan fingerprint density at radius 3 is 0.358 bits per heavy atom. The van der Waals surface area contributed by atoms with E-state index in [9.17, 15) is 10.2 Å². The Kier molecular flexibility index (Phi) is 1.83. The van der Waals surface area contributed by atoms with Crippen LogP contribution in [0.1, 0.15) is 22.3 Å². The minimum atomic E-state index is -2.12. The van der Waals surface area contributed by atoms with Crippen molar-refractivity contribution in [2.75, 3.05) is 0 Å². The second-order valence-electron chi connectivity index (χ2n) is 24.6. The van der Waals surface area contributed by atoms with E-state index in [-0.39, 0.29) is 0 Å². The van der Waals surface area contributed by atoms with E-state index in [0.717, 1.165) is 22.3 Å². The Morgan fingerprint density at radius 2 is 0.269 bits per heavy atom. The number of benzene rings is 18. The van der Waals surface area contributed by atoms with Crippen LogP contribution in [0.4, 0.5) is 0 Å². The number of carbonyl (C=O) groups is 2. The molecule has 0 radical (unpaired) electrons. The van der Waals surface area contributed by atoms with Crippen molar-refractivity contribution < 1.29 is 19.8 Å². The molecule has 4 nitrogen and oxygen atoms in total. The topological polar surface area (TPSA) is 74.6 Å². The molecule has 5 aliphatic carbocycles. The van der Waals surface area contributed by atoms with Crippen molar-refractivity contribution in [3.63, 3.8) is 0 Å². The maximum absolute atomic E-state index is 15.4. The molecule has 28 aromatic carbocycles. The van der Waals surface area contributed by atoms with Gasteiger partial charge in [0.15, 0.2) is 5.41 Å². The van der Waals surface area contributed by atoms with Crippen LogP contribution >= 0.6 is 0 Å². The van der Waals surface area contributed by atoms with E-state index < -0.39 is 28.2 Å². The molecule has 1 fully saturated rings. The lowest BCUT2D eigenvalue weighted by Gasteiger charge is -2.32. The van der Waals surface area contributed by atoms with Crippen LogP contribution in [-0.2, 0) is 20.4 Å². The summed E-state index contributed by atoms with van der Waals surface area (Å²) in [7, 11) is 0. The van der Waals surface area contributed by atoms with Gasteiger partial charge in [0.25, 0.3) is 0 Å². The quantitative estimate of drug-likeness (QED) is 0.135. The van der Waals surface area contributed by atoms with Gasteiger partial charge in [-0.25, -0.2) is 0 Å². The van der Waals surface area contributed by atoms with Crippen LogP contribution in [0.5, 0.6) is 0 Å². The molecule has 67 heavy (non-hydrogen) atoms. The Labute approximate surface area is 359 Å². The first-order chi connectivity index (χ1) is 33.1. The largest absolute Gasteiger partial charge is 0.480 e. The molecule has 28 aromatic rings. The van der Waals surface area contributed by atoms with Crippen molar-refractivity contribution >= 4 is 303 Å².